The van der Waals surface area contributed by atoms with E-state index in [4.69, 9.17) is 4.74 Å². The largest absolute Gasteiger partial charge is 0.381 e. The van der Waals surface area contributed by atoms with Crippen LogP contribution in [0.5, 0.6) is 0 Å². The summed E-state index contributed by atoms with van der Waals surface area (Å²) >= 11 is 1.64. The Morgan fingerprint density at radius 1 is 1.05 bits per heavy atom. The van der Waals surface area contributed by atoms with E-state index in [9.17, 15) is 4.79 Å². The molecule has 0 bridgehead atoms. The highest BCUT2D eigenvalue weighted by atomic mass is 32.1. The van der Waals surface area contributed by atoms with Crippen molar-refractivity contribution in [2.75, 3.05) is 19.8 Å². The Morgan fingerprint density at radius 3 is 2.68 bits per heavy atom. The minimum atomic E-state index is -0.127. The van der Waals surface area contributed by atoms with Gasteiger partial charge in [0.05, 0.1) is 13.2 Å². The highest BCUT2D eigenvalue weighted by Crippen LogP contribution is 2.07. The molecule has 0 aliphatic heterocycles. The van der Waals surface area contributed by atoms with E-state index < -0.39 is 0 Å². The van der Waals surface area contributed by atoms with Gasteiger partial charge in [-0.15, -0.1) is 11.3 Å². The van der Waals surface area contributed by atoms with Crippen molar-refractivity contribution in [3.63, 3.8) is 0 Å². The quantitative estimate of drug-likeness (QED) is 0.698. The first kappa shape index (κ1) is 16.5. The van der Waals surface area contributed by atoms with Crippen LogP contribution in [0, 0.1) is 0 Å². The van der Waals surface area contributed by atoms with E-state index in [0.29, 0.717) is 26.3 Å². The molecule has 4 nitrogen and oxygen atoms in total. The number of carbonyl (C=O) groups is 1. The van der Waals surface area contributed by atoms with Crippen LogP contribution in [0.2, 0.25) is 0 Å². The molecule has 1 aromatic heterocycles. The van der Waals surface area contributed by atoms with Gasteiger partial charge in [0, 0.05) is 18.0 Å². The molecule has 2 N–H and O–H groups in total. The van der Waals surface area contributed by atoms with Gasteiger partial charge in [0.25, 0.3) is 0 Å². The lowest BCUT2D eigenvalue weighted by molar-refractivity contribution is 0.135. The van der Waals surface area contributed by atoms with Gasteiger partial charge in [0.1, 0.15) is 0 Å². The average Bonchev–Trinajstić information content (AvgIpc) is 3.06. The molecule has 0 saturated heterocycles. The smallest absolute Gasteiger partial charge is 0.315 e. The van der Waals surface area contributed by atoms with E-state index in [1.165, 1.54) is 5.56 Å². The van der Waals surface area contributed by atoms with Crippen LogP contribution in [0.4, 0.5) is 4.79 Å². The first-order valence-electron chi connectivity index (χ1n) is 7.50. The normalized spacial score (nSPS) is 10.4. The van der Waals surface area contributed by atoms with Crippen molar-refractivity contribution >= 4 is 17.4 Å². The molecule has 118 valence electrons. The van der Waals surface area contributed by atoms with Crippen molar-refractivity contribution in [2.24, 2.45) is 0 Å². The molecule has 2 rings (SSSR count). The second-order valence-electron chi connectivity index (χ2n) is 4.89. The summed E-state index contributed by atoms with van der Waals surface area (Å²) in [4.78, 5) is 12.7. The van der Waals surface area contributed by atoms with Crippen LogP contribution in [0.3, 0.4) is 0 Å². The van der Waals surface area contributed by atoms with Crippen LogP contribution in [0.25, 0.3) is 0 Å². The van der Waals surface area contributed by atoms with Crippen molar-refractivity contribution < 1.29 is 9.53 Å². The molecule has 2 aromatic rings. The summed E-state index contributed by atoms with van der Waals surface area (Å²) in [6, 6.07) is 14.1. The van der Waals surface area contributed by atoms with E-state index in [1.54, 1.807) is 11.3 Å². The highest BCUT2D eigenvalue weighted by molar-refractivity contribution is 7.09. The summed E-state index contributed by atoms with van der Waals surface area (Å²) in [7, 11) is 0. The Labute approximate surface area is 135 Å². The summed E-state index contributed by atoms with van der Waals surface area (Å²) in [5.74, 6) is 0. The summed E-state index contributed by atoms with van der Waals surface area (Å²) in [5.41, 5.74) is 1.29. The molecule has 0 atom stereocenters. The molecule has 0 spiro atoms. The maximum atomic E-state index is 11.6. The molecular weight excluding hydrogens is 296 g/mol. The Kier molecular flexibility index (Phi) is 7.49. The van der Waals surface area contributed by atoms with E-state index in [0.717, 1.165) is 17.7 Å². The number of rotatable bonds is 9. The van der Waals surface area contributed by atoms with Crippen LogP contribution in [-0.2, 0) is 17.7 Å². The number of hydrogen-bond donors (Lipinski definition) is 2. The van der Waals surface area contributed by atoms with Crippen molar-refractivity contribution in [1.82, 2.24) is 10.6 Å². The molecular formula is C17H22N2O2S. The Hall–Kier alpha value is -1.85. The van der Waals surface area contributed by atoms with Gasteiger partial charge < -0.3 is 15.4 Å². The van der Waals surface area contributed by atoms with Crippen molar-refractivity contribution in [3.8, 4) is 0 Å². The zero-order valence-electron chi connectivity index (χ0n) is 12.6. The fraction of sp³-hybridized carbons (Fsp3) is 0.353. The second kappa shape index (κ2) is 9.97. The molecule has 0 saturated carbocycles. The molecule has 5 heteroatoms. The molecule has 0 unspecified atom stereocenters. The molecule has 1 aromatic carbocycles. The number of urea groups is 1. The third-order valence-corrected chi connectivity index (χ3v) is 4.01. The number of ether oxygens (including phenoxy) is 1. The summed E-state index contributed by atoms with van der Waals surface area (Å²) in [6.45, 7) is 2.59. The van der Waals surface area contributed by atoms with Gasteiger partial charge >= 0.3 is 6.03 Å². The molecule has 1 heterocycles. The van der Waals surface area contributed by atoms with E-state index >= 15 is 0 Å². The van der Waals surface area contributed by atoms with Gasteiger partial charge in [-0.2, -0.15) is 0 Å². The summed E-state index contributed by atoms with van der Waals surface area (Å²) < 4.78 is 5.57. The number of amides is 2. The monoisotopic (exact) mass is 318 g/mol. The summed E-state index contributed by atoms with van der Waals surface area (Å²) in [5, 5.41) is 7.66. The van der Waals surface area contributed by atoms with Crippen LogP contribution >= 0.6 is 11.3 Å². The number of carbonyl (C=O) groups excluding carboxylic acids is 1. The van der Waals surface area contributed by atoms with Gasteiger partial charge in [-0.3, -0.25) is 0 Å². The number of nitrogens with one attached hydrogen (secondary N) is 2. The number of benzene rings is 1. The summed E-state index contributed by atoms with van der Waals surface area (Å²) in [6.07, 6.45) is 1.75. The standard InChI is InChI=1S/C17H22N2O2S/c20-17(19-14-16-8-4-13-22-16)18-10-5-11-21-12-9-15-6-2-1-3-7-15/h1-4,6-8,13H,5,9-12,14H2,(H2,18,19,20). The minimum absolute atomic E-state index is 0.127. The SMILES string of the molecule is O=C(NCCCOCCc1ccccc1)NCc1cccs1. The number of hydrogen-bond acceptors (Lipinski definition) is 3. The molecule has 2 amide bonds. The fourth-order valence-corrected chi connectivity index (χ4v) is 2.60. The zero-order chi connectivity index (χ0) is 15.5. The predicted octanol–water partition coefficient (Wildman–Crippen LogP) is 3.20. The van der Waals surface area contributed by atoms with E-state index in [-0.39, 0.29) is 6.03 Å². The van der Waals surface area contributed by atoms with Gasteiger partial charge in [-0.1, -0.05) is 36.4 Å². The van der Waals surface area contributed by atoms with E-state index in [1.807, 2.05) is 35.7 Å². The molecule has 0 aliphatic rings. The van der Waals surface area contributed by atoms with Crippen LogP contribution in [0.1, 0.15) is 16.9 Å². The van der Waals surface area contributed by atoms with E-state index in [2.05, 4.69) is 22.8 Å². The lowest BCUT2D eigenvalue weighted by atomic mass is 10.2. The molecule has 0 aliphatic carbocycles. The predicted molar refractivity (Wildman–Crippen MR) is 90.1 cm³/mol. The molecule has 22 heavy (non-hydrogen) atoms. The van der Waals surface area contributed by atoms with Crippen LogP contribution in [-0.4, -0.2) is 25.8 Å². The maximum absolute atomic E-state index is 11.6. The minimum Gasteiger partial charge on any atom is -0.381 e. The number of thiophene rings is 1. The zero-order valence-corrected chi connectivity index (χ0v) is 13.4. The van der Waals surface area contributed by atoms with Crippen molar-refractivity contribution in [2.45, 2.75) is 19.4 Å². The van der Waals surface area contributed by atoms with Gasteiger partial charge in [0.2, 0.25) is 0 Å². The molecule has 0 fully saturated rings. The van der Waals surface area contributed by atoms with Crippen LogP contribution in [0.15, 0.2) is 47.8 Å². The third kappa shape index (κ3) is 6.74. The van der Waals surface area contributed by atoms with Crippen LogP contribution < -0.4 is 10.6 Å². The molecule has 0 radical (unpaired) electrons. The average molecular weight is 318 g/mol. The lowest BCUT2D eigenvalue weighted by Crippen LogP contribution is -2.35. The Morgan fingerprint density at radius 2 is 1.91 bits per heavy atom. The Balaban J connectivity index is 1.43. The van der Waals surface area contributed by atoms with Gasteiger partial charge in [-0.05, 0) is 29.9 Å². The highest BCUT2D eigenvalue weighted by Gasteiger charge is 2.00. The van der Waals surface area contributed by atoms with Crippen molar-refractivity contribution in [3.05, 3.63) is 58.3 Å². The second-order valence-corrected chi connectivity index (χ2v) is 5.92. The first-order chi connectivity index (χ1) is 10.8. The fourth-order valence-electron chi connectivity index (χ4n) is 1.96. The third-order valence-electron chi connectivity index (χ3n) is 3.13. The topological polar surface area (TPSA) is 50.4 Å². The maximum Gasteiger partial charge on any atom is 0.315 e. The lowest BCUT2D eigenvalue weighted by Gasteiger charge is -2.07. The Bertz CT molecular complexity index is 529. The van der Waals surface area contributed by atoms with Gasteiger partial charge in [0.15, 0.2) is 0 Å². The first-order valence-corrected chi connectivity index (χ1v) is 8.38. The van der Waals surface area contributed by atoms with Crippen molar-refractivity contribution in [1.29, 1.82) is 0 Å². The van der Waals surface area contributed by atoms with Gasteiger partial charge in [-0.25, -0.2) is 4.79 Å².